The van der Waals surface area contributed by atoms with Gasteiger partial charge in [-0.1, -0.05) is 18.2 Å². The van der Waals surface area contributed by atoms with Gasteiger partial charge in [-0.2, -0.15) is 0 Å². The number of carbonyl (C=O) groups is 3. The van der Waals surface area contributed by atoms with Crippen LogP contribution in [-0.2, 0) is 25.5 Å². The summed E-state index contributed by atoms with van der Waals surface area (Å²) < 4.78 is 10.1. The van der Waals surface area contributed by atoms with Crippen LogP contribution in [0.3, 0.4) is 0 Å². The van der Waals surface area contributed by atoms with Gasteiger partial charge >= 0.3 is 11.9 Å². The Hall–Kier alpha value is -3.81. The molecule has 0 saturated heterocycles. The van der Waals surface area contributed by atoms with Crippen LogP contribution < -0.4 is 0 Å². The summed E-state index contributed by atoms with van der Waals surface area (Å²) in [7, 11) is 1.11. The van der Waals surface area contributed by atoms with Crippen LogP contribution >= 0.6 is 0 Å². The van der Waals surface area contributed by atoms with Gasteiger partial charge in [-0.05, 0) is 35.4 Å². The number of cyclic esters (lactones) is 1. The monoisotopic (exact) mass is 384 g/mol. The molecule has 3 rings (SSSR count). The summed E-state index contributed by atoms with van der Waals surface area (Å²) in [5.74, 6) is -3.10. The number of aldehydes is 1. The Morgan fingerprint density at radius 1 is 1.14 bits per heavy atom. The van der Waals surface area contributed by atoms with Crippen molar-refractivity contribution in [1.82, 2.24) is 0 Å². The van der Waals surface area contributed by atoms with Crippen molar-refractivity contribution in [2.45, 2.75) is 12.0 Å². The van der Waals surface area contributed by atoms with Crippen LogP contribution in [0, 0.1) is 0 Å². The van der Waals surface area contributed by atoms with Gasteiger partial charge in [0.2, 0.25) is 11.4 Å². The molecule has 0 spiro atoms. The summed E-state index contributed by atoms with van der Waals surface area (Å²) in [6, 6.07) is 9.53. The van der Waals surface area contributed by atoms with E-state index in [2.05, 4.69) is 0 Å². The molecule has 0 radical (unpaired) electrons. The zero-order chi connectivity index (χ0) is 20.5. The summed E-state index contributed by atoms with van der Waals surface area (Å²) in [6.07, 6.45) is 0.186. The van der Waals surface area contributed by atoms with Crippen molar-refractivity contribution in [1.29, 1.82) is 0 Å². The van der Waals surface area contributed by atoms with Crippen molar-refractivity contribution in [3.63, 3.8) is 0 Å². The van der Waals surface area contributed by atoms with E-state index in [0.717, 1.165) is 7.11 Å². The molecule has 1 atom stereocenters. The Balaban J connectivity index is 2.17. The minimum atomic E-state index is -2.01. The van der Waals surface area contributed by atoms with Crippen LogP contribution in [-0.4, -0.2) is 46.3 Å². The highest BCUT2D eigenvalue weighted by molar-refractivity contribution is 6.11. The van der Waals surface area contributed by atoms with Crippen LogP contribution in [0.15, 0.2) is 48.2 Å². The standard InChI is InChI=1S/C20H16O8/c1-27-19(26)20(9-11-2-7-15(23)13(8-11)10-21)16(17(24)18(25)28-20)12-3-5-14(22)6-4-12/h2-8,10,22-24H,9H2,1H3. The van der Waals surface area contributed by atoms with E-state index in [-0.39, 0.29) is 34.6 Å². The highest BCUT2D eigenvalue weighted by Crippen LogP contribution is 2.43. The smallest absolute Gasteiger partial charge is 0.375 e. The van der Waals surface area contributed by atoms with Crippen LogP contribution in [0.25, 0.3) is 5.57 Å². The molecule has 1 heterocycles. The average Bonchev–Trinajstić information content (AvgIpc) is 2.94. The molecule has 0 amide bonds. The molecule has 8 nitrogen and oxygen atoms in total. The Morgan fingerprint density at radius 3 is 2.43 bits per heavy atom. The van der Waals surface area contributed by atoms with Crippen LogP contribution in [0.4, 0.5) is 0 Å². The predicted octanol–water partition coefficient (Wildman–Crippen LogP) is 1.89. The Bertz CT molecular complexity index is 990. The molecule has 0 bridgehead atoms. The number of aromatic hydroxyl groups is 2. The van der Waals surface area contributed by atoms with E-state index in [1.165, 1.54) is 42.5 Å². The fraction of sp³-hybridized carbons (Fsp3) is 0.150. The number of benzene rings is 2. The minimum Gasteiger partial charge on any atom is -0.508 e. The second kappa shape index (κ2) is 7.07. The molecule has 28 heavy (non-hydrogen) atoms. The van der Waals surface area contributed by atoms with Gasteiger partial charge in [0.15, 0.2) is 6.29 Å². The quantitative estimate of drug-likeness (QED) is 0.526. The van der Waals surface area contributed by atoms with Crippen molar-refractivity contribution >= 4 is 23.8 Å². The molecule has 0 aliphatic carbocycles. The van der Waals surface area contributed by atoms with Gasteiger partial charge in [-0.3, -0.25) is 4.79 Å². The first kappa shape index (κ1) is 19.0. The molecule has 1 aliphatic rings. The summed E-state index contributed by atoms with van der Waals surface area (Å²) in [5.41, 5.74) is -1.50. The van der Waals surface area contributed by atoms with Crippen LogP contribution in [0.1, 0.15) is 21.5 Å². The number of hydrogen-bond acceptors (Lipinski definition) is 8. The third-order valence-corrected chi connectivity index (χ3v) is 4.44. The van der Waals surface area contributed by atoms with Crippen molar-refractivity contribution in [3.8, 4) is 11.5 Å². The fourth-order valence-corrected chi connectivity index (χ4v) is 3.15. The zero-order valence-electron chi connectivity index (χ0n) is 14.7. The lowest BCUT2D eigenvalue weighted by molar-refractivity contribution is -0.169. The number of hydrogen-bond donors (Lipinski definition) is 3. The third kappa shape index (κ3) is 3.05. The maximum atomic E-state index is 12.7. The van der Waals surface area contributed by atoms with Gasteiger partial charge in [0.05, 0.1) is 18.2 Å². The molecular weight excluding hydrogens is 368 g/mol. The SMILES string of the molecule is COC(=O)C1(Cc2ccc(O)c(C=O)c2)OC(=O)C(O)=C1c1ccc(O)cc1. The second-order valence-corrected chi connectivity index (χ2v) is 6.17. The van der Waals surface area contributed by atoms with E-state index in [1.54, 1.807) is 0 Å². The average molecular weight is 384 g/mol. The van der Waals surface area contributed by atoms with Crippen molar-refractivity contribution < 1.29 is 39.2 Å². The number of rotatable bonds is 5. The van der Waals surface area contributed by atoms with Crippen molar-refractivity contribution in [2.24, 2.45) is 0 Å². The van der Waals surface area contributed by atoms with Gasteiger partial charge in [0, 0.05) is 6.42 Å². The fourth-order valence-electron chi connectivity index (χ4n) is 3.15. The lowest BCUT2D eigenvalue weighted by Gasteiger charge is -2.28. The summed E-state index contributed by atoms with van der Waals surface area (Å²) >= 11 is 0. The number of esters is 2. The van der Waals surface area contributed by atoms with E-state index in [1.807, 2.05) is 0 Å². The first-order chi connectivity index (χ1) is 13.3. The molecule has 2 aromatic rings. The van der Waals surface area contributed by atoms with E-state index in [9.17, 15) is 29.7 Å². The Morgan fingerprint density at radius 2 is 1.82 bits per heavy atom. The first-order valence-corrected chi connectivity index (χ1v) is 8.14. The molecule has 1 aliphatic heterocycles. The number of phenols is 2. The molecule has 2 aromatic carbocycles. The number of aliphatic hydroxyl groups excluding tert-OH is 1. The normalized spacial score (nSPS) is 18.7. The molecule has 3 N–H and O–H groups in total. The van der Waals surface area contributed by atoms with Crippen molar-refractivity contribution in [3.05, 3.63) is 64.9 Å². The van der Waals surface area contributed by atoms with Gasteiger partial charge < -0.3 is 24.8 Å². The maximum Gasteiger partial charge on any atom is 0.375 e. The lowest BCUT2D eigenvalue weighted by Crippen LogP contribution is -2.44. The van der Waals surface area contributed by atoms with E-state index < -0.39 is 23.3 Å². The second-order valence-electron chi connectivity index (χ2n) is 6.17. The number of phenolic OH excluding ortho intramolecular Hbond substituents is 2. The molecule has 1 unspecified atom stereocenters. The molecular formula is C20H16O8. The third-order valence-electron chi connectivity index (χ3n) is 4.44. The minimum absolute atomic E-state index is 0.0128. The summed E-state index contributed by atoms with van der Waals surface area (Å²) in [5, 5.41) is 29.5. The number of aliphatic hydroxyl groups is 1. The molecule has 144 valence electrons. The maximum absolute atomic E-state index is 12.7. The summed E-state index contributed by atoms with van der Waals surface area (Å²) in [6.45, 7) is 0. The first-order valence-electron chi connectivity index (χ1n) is 8.14. The van der Waals surface area contributed by atoms with Crippen LogP contribution in [0.5, 0.6) is 11.5 Å². The summed E-state index contributed by atoms with van der Waals surface area (Å²) in [4.78, 5) is 35.9. The number of ether oxygens (including phenoxy) is 2. The molecule has 0 fully saturated rings. The highest BCUT2D eigenvalue weighted by Gasteiger charge is 2.55. The lowest BCUT2D eigenvalue weighted by atomic mass is 9.83. The predicted molar refractivity (Wildman–Crippen MR) is 95.7 cm³/mol. The number of methoxy groups -OCH3 is 1. The molecule has 0 saturated carbocycles. The Labute approximate surface area is 159 Å². The van der Waals surface area contributed by atoms with E-state index in [0.29, 0.717) is 11.8 Å². The van der Waals surface area contributed by atoms with Gasteiger partial charge in [0.25, 0.3) is 0 Å². The number of carbonyl (C=O) groups excluding carboxylic acids is 3. The largest absolute Gasteiger partial charge is 0.508 e. The van der Waals surface area contributed by atoms with E-state index in [4.69, 9.17) is 9.47 Å². The van der Waals surface area contributed by atoms with Gasteiger partial charge in [-0.15, -0.1) is 0 Å². The molecule has 0 aromatic heterocycles. The van der Waals surface area contributed by atoms with Crippen molar-refractivity contribution in [2.75, 3.05) is 7.11 Å². The zero-order valence-corrected chi connectivity index (χ0v) is 14.7. The van der Waals surface area contributed by atoms with Gasteiger partial charge in [0.1, 0.15) is 11.5 Å². The van der Waals surface area contributed by atoms with E-state index >= 15 is 0 Å². The topological polar surface area (TPSA) is 130 Å². The van der Waals surface area contributed by atoms with Crippen LogP contribution in [0.2, 0.25) is 0 Å². The molecule has 8 heteroatoms. The Kier molecular flexibility index (Phi) is 4.79. The highest BCUT2D eigenvalue weighted by atomic mass is 16.6. The van der Waals surface area contributed by atoms with Gasteiger partial charge in [-0.25, -0.2) is 9.59 Å².